The molecule has 3 aliphatic heterocycles. The van der Waals surface area contributed by atoms with Gasteiger partial charge < -0.3 is 16.0 Å². The van der Waals surface area contributed by atoms with E-state index in [1.54, 1.807) is 0 Å². The van der Waals surface area contributed by atoms with E-state index in [1.807, 2.05) is 6.20 Å². The summed E-state index contributed by atoms with van der Waals surface area (Å²) < 4.78 is 0. The van der Waals surface area contributed by atoms with Crippen LogP contribution in [0.25, 0.3) is 0 Å². The number of hydrogen-bond donors (Lipinski definition) is 3. The Hall–Kier alpha value is -1.90. The predicted molar refractivity (Wildman–Crippen MR) is 68.8 cm³/mol. The van der Waals surface area contributed by atoms with E-state index < -0.39 is 0 Å². The van der Waals surface area contributed by atoms with Crippen molar-refractivity contribution >= 4 is 5.69 Å². The van der Waals surface area contributed by atoms with E-state index in [1.165, 1.54) is 22.5 Å². The maximum Gasteiger partial charge on any atom is 0.0542 e. The predicted octanol–water partition coefficient (Wildman–Crippen LogP) is 1.54. The van der Waals surface area contributed by atoms with Crippen LogP contribution in [0.4, 0.5) is 5.69 Å². The molecular weight excluding hydrogens is 210 g/mol. The highest BCUT2D eigenvalue weighted by molar-refractivity contribution is 5.61. The van der Waals surface area contributed by atoms with Crippen molar-refractivity contribution in [3.05, 3.63) is 53.4 Å². The number of allylic oxidation sites excluding steroid dienone is 1. The third-order valence-corrected chi connectivity index (χ3v) is 3.93. The zero-order valence-corrected chi connectivity index (χ0v) is 9.53. The highest BCUT2D eigenvalue weighted by atomic mass is 15.1. The van der Waals surface area contributed by atoms with Crippen molar-refractivity contribution in [2.45, 2.75) is 12.0 Å². The minimum absolute atomic E-state index is 0.499. The van der Waals surface area contributed by atoms with E-state index in [-0.39, 0.29) is 0 Å². The molecule has 4 rings (SSSR count). The number of para-hydroxylation sites is 1. The maximum atomic E-state index is 3.63. The first-order chi connectivity index (χ1) is 8.43. The monoisotopic (exact) mass is 225 g/mol. The highest BCUT2D eigenvalue weighted by Crippen LogP contribution is 2.41. The molecule has 0 spiro atoms. The second-order valence-corrected chi connectivity index (χ2v) is 4.85. The number of fused-ring (bicyclic) bond motifs is 4. The number of rotatable bonds is 0. The van der Waals surface area contributed by atoms with Crippen LogP contribution < -0.4 is 16.0 Å². The molecule has 17 heavy (non-hydrogen) atoms. The number of benzene rings is 1. The summed E-state index contributed by atoms with van der Waals surface area (Å²) in [5.41, 5.74) is 5.54. The minimum atomic E-state index is 0.499. The molecule has 0 radical (unpaired) electrons. The van der Waals surface area contributed by atoms with Crippen LogP contribution in [0.1, 0.15) is 11.5 Å². The molecule has 3 nitrogen and oxygen atoms in total. The van der Waals surface area contributed by atoms with Crippen molar-refractivity contribution in [1.29, 1.82) is 0 Å². The summed E-state index contributed by atoms with van der Waals surface area (Å²) in [6.07, 6.45) is 4.18. The summed E-state index contributed by atoms with van der Waals surface area (Å²) in [4.78, 5) is 0. The van der Waals surface area contributed by atoms with Gasteiger partial charge in [-0.2, -0.15) is 0 Å². The van der Waals surface area contributed by atoms with E-state index in [0.717, 1.165) is 13.1 Å². The average molecular weight is 225 g/mol. The third kappa shape index (κ3) is 1.22. The van der Waals surface area contributed by atoms with Crippen LogP contribution >= 0.6 is 0 Å². The van der Waals surface area contributed by atoms with Crippen LogP contribution in [-0.2, 0) is 0 Å². The molecule has 0 aromatic heterocycles. The normalized spacial score (nSPS) is 28.5. The standard InChI is InChI=1S/C14H15N3/c1-2-4-11-9(3-1)14-10-7-15-6-5-12(10)17-13(14)8-16-11/h1-6,13-17H,7-8H2. The first-order valence-corrected chi connectivity index (χ1v) is 6.16. The highest BCUT2D eigenvalue weighted by Gasteiger charge is 2.38. The molecule has 0 aliphatic carbocycles. The van der Waals surface area contributed by atoms with Gasteiger partial charge in [-0.3, -0.25) is 0 Å². The van der Waals surface area contributed by atoms with Gasteiger partial charge in [-0.15, -0.1) is 0 Å². The molecule has 0 fully saturated rings. The summed E-state index contributed by atoms with van der Waals surface area (Å²) in [6.45, 7) is 1.97. The average Bonchev–Trinajstić information content (AvgIpc) is 2.77. The Labute approximate surface area is 101 Å². The minimum Gasteiger partial charge on any atom is -0.387 e. The molecule has 0 bridgehead atoms. The second-order valence-electron chi connectivity index (χ2n) is 4.85. The first-order valence-electron chi connectivity index (χ1n) is 6.16. The van der Waals surface area contributed by atoms with Gasteiger partial charge in [0.1, 0.15) is 0 Å². The van der Waals surface area contributed by atoms with Crippen LogP contribution in [0.5, 0.6) is 0 Å². The molecule has 3 heterocycles. The molecule has 2 atom stereocenters. The molecule has 1 aromatic carbocycles. The van der Waals surface area contributed by atoms with E-state index in [9.17, 15) is 0 Å². The van der Waals surface area contributed by atoms with Gasteiger partial charge in [-0.25, -0.2) is 0 Å². The largest absolute Gasteiger partial charge is 0.387 e. The van der Waals surface area contributed by atoms with Crippen LogP contribution in [-0.4, -0.2) is 19.1 Å². The van der Waals surface area contributed by atoms with Crippen LogP contribution in [0.2, 0.25) is 0 Å². The Morgan fingerprint density at radius 3 is 3.12 bits per heavy atom. The lowest BCUT2D eigenvalue weighted by Gasteiger charge is -2.31. The van der Waals surface area contributed by atoms with Gasteiger partial charge in [-0.1, -0.05) is 18.2 Å². The van der Waals surface area contributed by atoms with Crippen molar-refractivity contribution in [1.82, 2.24) is 10.6 Å². The fourth-order valence-corrected chi connectivity index (χ4v) is 3.18. The number of nitrogens with one attached hydrogen (secondary N) is 3. The van der Waals surface area contributed by atoms with E-state index in [4.69, 9.17) is 0 Å². The summed E-state index contributed by atoms with van der Waals surface area (Å²) >= 11 is 0. The van der Waals surface area contributed by atoms with Crippen molar-refractivity contribution in [2.24, 2.45) is 0 Å². The van der Waals surface area contributed by atoms with E-state index in [2.05, 4.69) is 46.3 Å². The van der Waals surface area contributed by atoms with E-state index >= 15 is 0 Å². The molecular formula is C14H15N3. The van der Waals surface area contributed by atoms with Gasteiger partial charge >= 0.3 is 0 Å². The Morgan fingerprint density at radius 2 is 2.12 bits per heavy atom. The Bertz CT molecular complexity index is 530. The van der Waals surface area contributed by atoms with E-state index in [0.29, 0.717) is 12.0 Å². The van der Waals surface area contributed by atoms with Crippen LogP contribution in [0, 0.1) is 0 Å². The SMILES string of the molecule is C1=CC2=C(CN1)C1c3ccccc3NCC1N2. The van der Waals surface area contributed by atoms with Gasteiger partial charge in [0.05, 0.1) is 6.04 Å². The molecule has 2 unspecified atom stereocenters. The summed E-state index contributed by atoms with van der Waals surface area (Å²) in [7, 11) is 0. The fraction of sp³-hybridized carbons (Fsp3) is 0.286. The lowest BCUT2D eigenvalue weighted by Crippen LogP contribution is -2.38. The fourth-order valence-electron chi connectivity index (χ4n) is 3.18. The van der Waals surface area contributed by atoms with Gasteiger partial charge in [-0.05, 0) is 29.5 Å². The molecule has 3 aliphatic rings. The summed E-state index contributed by atoms with van der Waals surface area (Å²) in [5.74, 6) is 0.528. The Balaban J connectivity index is 1.85. The third-order valence-electron chi connectivity index (χ3n) is 3.93. The van der Waals surface area contributed by atoms with Crippen molar-refractivity contribution in [2.75, 3.05) is 18.4 Å². The molecule has 1 aromatic rings. The number of hydrogen-bond acceptors (Lipinski definition) is 3. The Morgan fingerprint density at radius 1 is 1.18 bits per heavy atom. The molecule has 0 saturated heterocycles. The van der Waals surface area contributed by atoms with Gasteiger partial charge in [0.2, 0.25) is 0 Å². The molecule has 0 saturated carbocycles. The molecule has 3 N–H and O–H groups in total. The topological polar surface area (TPSA) is 36.1 Å². The van der Waals surface area contributed by atoms with Gasteiger partial charge in [0, 0.05) is 30.4 Å². The van der Waals surface area contributed by atoms with Gasteiger partial charge in [0.15, 0.2) is 0 Å². The lowest BCUT2D eigenvalue weighted by molar-refractivity contribution is 0.560. The first kappa shape index (κ1) is 9.16. The van der Waals surface area contributed by atoms with Crippen LogP contribution in [0.15, 0.2) is 47.8 Å². The number of dihydropyridines is 1. The zero-order chi connectivity index (χ0) is 11.2. The molecule has 86 valence electrons. The second kappa shape index (κ2) is 3.29. The van der Waals surface area contributed by atoms with Crippen LogP contribution in [0.3, 0.4) is 0 Å². The molecule has 3 heteroatoms. The zero-order valence-electron chi connectivity index (χ0n) is 9.53. The Kier molecular flexibility index (Phi) is 1.78. The summed E-state index contributed by atoms with van der Waals surface area (Å²) in [5, 5.41) is 10.5. The summed E-state index contributed by atoms with van der Waals surface area (Å²) in [6, 6.07) is 9.15. The lowest BCUT2D eigenvalue weighted by atomic mass is 9.83. The number of anilines is 1. The van der Waals surface area contributed by atoms with Crippen molar-refractivity contribution in [3.8, 4) is 0 Å². The van der Waals surface area contributed by atoms with Gasteiger partial charge in [0.25, 0.3) is 0 Å². The van der Waals surface area contributed by atoms with Crippen molar-refractivity contribution < 1.29 is 0 Å². The smallest absolute Gasteiger partial charge is 0.0542 e. The molecule has 0 amide bonds. The quantitative estimate of drug-likeness (QED) is 0.627. The maximum absolute atomic E-state index is 3.63. The van der Waals surface area contributed by atoms with Crippen molar-refractivity contribution in [3.63, 3.8) is 0 Å².